The average Bonchev–Trinajstić information content (AvgIpc) is 2.63. The fourth-order valence-electron chi connectivity index (χ4n) is 2.45. The molecule has 0 saturated heterocycles. The summed E-state index contributed by atoms with van der Waals surface area (Å²) in [7, 11) is 0. The van der Waals surface area contributed by atoms with Crippen LogP contribution in [-0.4, -0.2) is 26.4 Å². The molecule has 0 aromatic heterocycles. The van der Waals surface area contributed by atoms with E-state index in [0.29, 0.717) is 26.4 Å². The number of rotatable bonds is 20. The maximum absolute atomic E-state index is 6.19. The molecule has 0 aromatic carbocycles. The van der Waals surface area contributed by atoms with E-state index in [9.17, 15) is 0 Å². The third-order valence-electron chi connectivity index (χ3n) is 4.11. The first-order chi connectivity index (χ1) is 12.2. The van der Waals surface area contributed by atoms with Gasteiger partial charge in [0.05, 0.1) is 0 Å². The minimum absolute atomic E-state index is 0.698. The maximum atomic E-state index is 6.19. The summed E-state index contributed by atoms with van der Waals surface area (Å²) in [6.07, 6.45) is 13.7. The third-order valence-corrected chi connectivity index (χ3v) is 7.59. The molecule has 5 heteroatoms. The normalized spacial score (nSPS) is 12.0. The van der Waals surface area contributed by atoms with Crippen molar-refractivity contribution < 1.29 is 31.4 Å². The third kappa shape index (κ3) is 15.3. The van der Waals surface area contributed by atoms with E-state index in [-0.39, 0.29) is 0 Å². The topological polar surface area (TPSA) is 36.9 Å². The molecule has 0 atom stereocenters. The molecule has 0 saturated carbocycles. The minimum atomic E-state index is -3.59. The van der Waals surface area contributed by atoms with Crippen molar-refractivity contribution in [2.24, 2.45) is 0 Å². The fourth-order valence-corrected chi connectivity index (χ4v) is 5.69. The van der Waals surface area contributed by atoms with Crippen LogP contribution in [0, 0.1) is 0 Å². The average molecular weight is 396 g/mol. The molecule has 4 nitrogen and oxygen atoms in total. The Kier molecular flexibility index (Phi) is 19.7. The Bertz CT molecular complexity index is 211. The van der Waals surface area contributed by atoms with Crippen LogP contribution in [0.4, 0.5) is 0 Å². The van der Waals surface area contributed by atoms with Crippen molar-refractivity contribution in [2.75, 3.05) is 26.4 Å². The zero-order valence-corrected chi connectivity index (χ0v) is 19.0. The zero-order valence-electron chi connectivity index (χ0n) is 17.4. The van der Waals surface area contributed by atoms with Gasteiger partial charge >= 0.3 is 163 Å². The summed E-state index contributed by atoms with van der Waals surface area (Å²) in [6, 6.07) is 0. The van der Waals surface area contributed by atoms with Crippen molar-refractivity contribution in [2.45, 2.75) is 105 Å². The van der Waals surface area contributed by atoms with Crippen LogP contribution < -0.4 is 0 Å². The predicted molar refractivity (Wildman–Crippen MR) is 102 cm³/mol. The monoisotopic (exact) mass is 396 g/mol. The van der Waals surface area contributed by atoms with Crippen molar-refractivity contribution in [1.29, 1.82) is 0 Å². The Balaban J connectivity index is 4.62. The van der Waals surface area contributed by atoms with Gasteiger partial charge in [-0.3, -0.25) is 0 Å². The molecule has 152 valence electrons. The van der Waals surface area contributed by atoms with E-state index in [4.69, 9.17) is 13.3 Å². The molecular formula is C20H44O4Ti. The summed E-state index contributed by atoms with van der Waals surface area (Å²) in [5.41, 5.74) is 0. The molecule has 0 aromatic rings. The Labute approximate surface area is 162 Å². The summed E-state index contributed by atoms with van der Waals surface area (Å²) in [5.74, 6) is 0. The van der Waals surface area contributed by atoms with Crippen molar-refractivity contribution in [3.05, 3.63) is 0 Å². The van der Waals surface area contributed by atoms with E-state index in [1.165, 1.54) is 51.4 Å². The molecule has 0 radical (unpaired) electrons. The van der Waals surface area contributed by atoms with E-state index in [2.05, 4.69) is 27.7 Å². The van der Waals surface area contributed by atoms with Crippen LogP contribution in [0.5, 0.6) is 0 Å². The van der Waals surface area contributed by atoms with Crippen LogP contribution in [0.1, 0.15) is 105 Å². The van der Waals surface area contributed by atoms with Crippen LogP contribution in [-0.2, 0) is 31.4 Å². The number of hydrogen-bond donors (Lipinski definition) is 0. The SMILES string of the molecule is CCCCC[O][Ti]([O]CCCCC)([O]CCCCC)[O]CCCCC. The molecule has 0 unspecified atom stereocenters. The fraction of sp³-hybridized carbons (Fsp3) is 1.00. The molecule has 0 spiro atoms. The van der Waals surface area contributed by atoms with E-state index in [1.807, 2.05) is 0 Å². The van der Waals surface area contributed by atoms with Crippen LogP contribution in [0.15, 0.2) is 0 Å². The second-order valence-electron chi connectivity index (χ2n) is 6.72. The summed E-state index contributed by atoms with van der Waals surface area (Å²) in [6.45, 7) is 11.6. The van der Waals surface area contributed by atoms with Crippen LogP contribution in [0.2, 0.25) is 0 Å². The predicted octanol–water partition coefficient (Wildman–Crippen LogP) is 6.63. The first kappa shape index (κ1) is 25.6. The van der Waals surface area contributed by atoms with Gasteiger partial charge in [-0.1, -0.05) is 0 Å². The quantitative estimate of drug-likeness (QED) is 0.171. The van der Waals surface area contributed by atoms with Gasteiger partial charge in [-0.25, -0.2) is 0 Å². The number of hydrogen-bond acceptors (Lipinski definition) is 4. The molecule has 0 aliphatic rings. The Hall–Kier alpha value is 0.554. The van der Waals surface area contributed by atoms with Crippen LogP contribution in [0.3, 0.4) is 0 Å². The second kappa shape index (κ2) is 19.3. The molecule has 0 aliphatic heterocycles. The summed E-state index contributed by atoms with van der Waals surface area (Å²) < 4.78 is 24.8. The van der Waals surface area contributed by atoms with Crippen molar-refractivity contribution >= 4 is 0 Å². The van der Waals surface area contributed by atoms with Gasteiger partial charge in [0.1, 0.15) is 0 Å². The molecule has 0 rings (SSSR count). The van der Waals surface area contributed by atoms with Gasteiger partial charge in [-0.15, -0.1) is 0 Å². The zero-order chi connectivity index (χ0) is 18.6. The van der Waals surface area contributed by atoms with Gasteiger partial charge in [0.25, 0.3) is 0 Å². The van der Waals surface area contributed by atoms with Gasteiger partial charge in [0.2, 0.25) is 0 Å². The molecule has 0 bridgehead atoms. The summed E-state index contributed by atoms with van der Waals surface area (Å²) in [4.78, 5) is 0. The molecule has 0 N–H and O–H groups in total. The second-order valence-corrected chi connectivity index (χ2v) is 10.1. The van der Waals surface area contributed by atoms with Gasteiger partial charge < -0.3 is 0 Å². The molecule has 0 heterocycles. The van der Waals surface area contributed by atoms with Gasteiger partial charge in [-0.2, -0.15) is 0 Å². The van der Waals surface area contributed by atoms with E-state index in [0.717, 1.165) is 25.7 Å². The molecule has 0 aliphatic carbocycles. The summed E-state index contributed by atoms with van der Waals surface area (Å²) in [5, 5.41) is 0. The molecule has 0 fully saturated rings. The number of unbranched alkanes of at least 4 members (excludes halogenated alkanes) is 8. The van der Waals surface area contributed by atoms with Crippen molar-refractivity contribution in [3.63, 3.8) is 0 Å². The van der Waals surface area contributed by atoms with Crippen LogP contribution in [0.25, 0.3) is 0 Å². The Morgan fingerprint density at radius 2 is 0.640 bits per heavy atom. The first-order valence-electron chi connectivity index (χ1n) is 10.8. The van der Waals surface area contributed by atoms with Gasteiger partial charge in [0.15, 0.2) is 0 Å². The molecule has 0 amide bonds. The standard InChI is InChI=1S/4C5H11O.Ti/c4*1-2-3-4-5-6;/h4*2-5H2,1H3;/q4*-1;+4. The van der Waals surface area contributed by atoms with Crippen molar-refractivity contribution in [1.82, 2.24) is 0 Å². The first-order valence-corrected chi connectivity index (χ1v) is 13.3. The Morgan fingerprint density at radius 3 is 0.840 bits per heavy atom. The van der Waals surface area contributed by atoms with Crippen molar-refractivity contribution in [3.8, 4) is 0 Å². The van der Waals surface area contributed by atoms with Gasteiger partial charge in [-0.05, 0) is 0 Å². The van der Waals surface area contributed by atoms with Gasteiger partial charge in [0, 0.05) is 0 Å². The van der Waals surface area contributed by atoms with E-state index >= 15 is 0 Å². The molecular weight excluding hydrogens is 352 g/mol. The summed E-state index contributed by atoms with van der Waals surface area (Å²) >= 11 is -3.59. The molecule has 25 heavy (non-hydrogen) atoms. The van der Waals surface area contributed by atoms with E-state index < -0.39 is 18.1 Å². The van der Waals surface area contributed by atoms with E-state index in [1.54, 1.807) is 0 Å². The van der Waals surface area contributed by atoms with Crippen LogP contribution >= 0.6 is 0 Å². The Morgan fingerprint density at radius 1 is 0.400 bits per heavy atom.